The van der Waals surface area contributed by atoms with Gasteiger partial charge in [0.05, 0.1) is 30.6 Å². The van der Waals surface area contributed by atoms with Gasteiger partial charge in [-0.3, -0.25) is 9.78 Å². The highest BCUT2D eigenvalue weighted by atomic mass is 32.1. The van der Waals surface area contributed by atoms with Crippen molar-refractivity contribution < 1.29 is 13.9 Å². The minimum Gasteiger partial charge on any atom is -0.467 e. The Morgan fingerprint density at radius 1 is 1.16 bits per heavy atom. The lowest BCUT2D eigenvalue weighted by atomic mass is 9.96. The summed E-state index contributed by atoms with van der Waals surface area (Å²) in [5, 5.41) is 6.97. The average molecular weight is 516 g/mol. The Hall–Kier alpha value is -3.95. The van der Waals surface area contributed by atoms with Gasteiger partial charge in [0.1, 0.15) is 12.4 Å². The van der Waals surface area contributed by atoms with E-state index < -0.39 is 0 Å². The number of hydrogen-bond donors (Lipinski definition) is 2. The molecular formula is C28H29N5O3S. The lowest BCUT2D eigenvalue weighted by Gasteiger charge is -2.28. The highest BCUT2D eigenvalue weighted by Crippen LogP contribution is 2.43. The Kier molecular flexibility index (Phi) is 7.07. The fourth-order valence-electron chi connectivity index (χ4n) is 4.91. The highest BCUT2D eigenvalue weighted by Gasteiger charge is 2.42. The van der Waals surface area contributed by atoms with Gasteiger partial charge in [-0.05, 0) is 86.2 Å². The normalized spacial score (nSPS) is 17.2. The molecule has 190 valence electrons. The van der Waals surface area contributed by atoms with Crippen molar-refractivity contribution in [3.63, 3.8) is 0 Å². The van der Waals surface area contributed by atoms with Crippen LogP contribution in [0.5, 0.6) is 0 Å². The van der Waals surface area contributed by atoms with Gasteiger partial charge in [0.25, 0.3) is 0 Å². The number of nitrogens with zero attached hydrogens (tertiary/aromatic N) is 3. The van der Waals surface area contributed by atoms with Gasteiger partial charge in [-0.25, -0.2) is 0 Å². The molecule has 5 rings (SSSR count). The number of aromatic nitrogens is 2. The zero-order chi connectivity index (χ0) is 25.9. The van der Waals surface area contributed by atoms with Crippen LogP contribution in [-0.2, 0) is 16.1 Å². The monoisotopic (exact) mass is 515 g/mol. The van der Waals surface area contributed by atoms with Crippen LogP contribution < -0.4 is 15.5 Å². The standard InChI is InChI=1S/C28H29N5O3S/c1-18-15-23(19(2)32(18)16-22-7-6-14-36-22)27-26(24-8-4-5-13-29-24)31-28(37)33(27)21-11-9-20(10-12-21)30-25(34)17-35-3/h4-15,26-27H,16-17H2,1-3H3,(H,30,34)(H,31,37)/t26-,27-/m0/s1. The number of anilines is 2. The van der Waals surface area contributed by atoms with E-state index in [1.54, 1.807) is 12.5 Å². The molecule has 1 saturated heterocycles. The van der Waals surface area contributed by atoms with Gasteiger partial charge in [-0.1, -0.05) is 6.07 Å². The zero-order valence-corrected chi connectivity index (χ0v) is 21.8. The molecule has 1 aliphatic rings. The maximum Gasteiger partial charge on any atom is 0.250 e. The number of furan rings is 1. The van der Waals surface area contributed by atoms with Crippen LogP contribution in [0.2, 0.25) is 0 Å². The number of benzene rings is 1. The molecule has 1 amide bonds. The molecule has 0 saturated carbocycles. The van der Waals surface area contributed by atoms with Gasteiger partial charge in [0.15, 0.2) is 5.11 Å². The summed E-state index contributed by atoms with van der Waals surface area (Å²) in [5.41, 5.74) is 5.96. The first-order chi connectivity index (χ1) is 18.0. The molecule has 0 bridgehead atoms. The second kappa shape index (κ2) is 10.6. The number of carbonyl (C=O) groups is 1. The lowest BCUT2D eigenvalue weighted by Crippen LogP contribution is -2.29. The minimum atomic E-state index is -0.203. The predicted octanol–water partition coefficient (Wildman–Crippen LogP) is 4.90. The van der Waals surface area contributed by atoms with Gasteiger partial charge >= 0.3 is 0 Å². The van der Waals surface area contributed by atoms with Gasteiger partial charge in [0, 0.05) is 36.1 Å². The van der Waals surface area contributed by atoms with Crippen molar-refractivity contribution in [3.8, 4) is 0 Å². The molecule has 0 spiro atoms. The molecule has 1 aliphatic heterocycles. The van der Waals surface area contributed by atoms with Crippen molar-refractivity contribution in [3.05, 3.63) is 102 Å². The van der Waals surface area contributed by atoms with Crippen molar-refractivity contribution in [1.82, 2.24) is 14.9 Å². The van der Waals surface area contributed by atoms with E-state index in [1.807, 2.05) is 54.6 Å². The summed E-state index contributed by atoms with van der Waals surface area (Å²) in [5.74, 6) is 0.698. The maximum atomic E-state index is 11.9. The molecule has 0 radical (unpaired) electrons. The number of carbonyl (C=O) groups excluding carboxylic acids is 1. The maximum absolute atomic E-state index is 11.9. The summed E-state index contributed by atoms with van der Waals surface area (Å²) in [6, 6.07) is 19.4. The molecule has 1 fully saturated rings. The van der Waals surface area contributed by atoms with Crippen molar-refractivity contribution in [2.24, 2.45) is 0 Å². The Morgan fingerprint density at radius 3 is 2.65 bits per heavy atom. The van der Waals surface area contributed by atoms with Crippen LogP contribution in [-0.4, -0.2) is 34.3 Å². The third kappa shape index (κ3) is 5.00. The van der Waals surface area contributed by atoms with Crippen LogP contribution in [0.3, 0.4) is 0 Å². The van der Waals surface area contributed by atoms with E-state index in [-0.39, 0.29) is 24.6 Å². The second-order valence-electron chi connectivity index (χ2n) is 9.02. The van der Waals surface area contributed by atoms with Crippen LogP contribution in [0.15, 0.2) is 77.5 Å². The van der Waals surface area contributed by atoms with Crippen molar-refractivity contribution in [2.45, 2.75) is 32.5 Å². The quantitative estimate of drug-likeness (QED) is 0.323. The van der Waals surface area contributed by atoms with Crippen molar-refractivity contribution in [1.29, 1.82) is 0 Å². The summed E-state index contributed by atoms with van der Waals surface area (Å²) >= 11 is 5.87. The van der Waals surface area contributed by atoms with E-state index in [0.29, 0.717) is 17.3 Å². The smallest absolute Gasteiger partial charge is 0.250 e. The van der Waals surface area contributed by atoms with Crippen LogP contribution in [0.4, 0.5) is 11.4 Å². The van der Waals surface area contributed by atoms with E-state index in [1.165, 1.54) is 7.11 Å². The molecule has 8 nitrogen and oxygen atoms in total. The topological polar surface area (TPSA) is 84.6 Å². The van der Waals surface area contributed by atoms with Gasteiger partial charge < -0.3 is 29.3 Å². The average Bonchev–Trinajstić information content (AvgIpc) is 3.60. The van der Waals surface area contributed by atoms with E-state index in [9.17, 15) is 4.79 Å². The molecule has 4 heterocycles. The van der Waals surface area contributed by atoms with Gasteiger partial charge in [-0.2, -0.15) is 0 Å². The first-order valence-corrected chi connectivity index (χ1v) is 12.5. The van der Waals surface area contributed by atoms with Crippen LogP contribution in [0, 0.1) is 13.8 Å². The van der Waals surface area contributed by atoms with Crippen LogP contribution in [0.1, 0.15) is 40.5 Å². The zero-order valence-electron chi connectivity index (χ0n) is 21.0. The number of amides is 1. The first-order valence-electron chi connectivity index (χ1n) is 12.0. The number of rotatable bonds is 8. The van der Waals surface area contributed by atoms with E-state index in [2.05, 4.69) is 45.0 Å². The fraction of sp³-hybridized carbons (Fsp3) is 0.250. The van der Waals surface area contributed by atoms with Crippen LogP contribution in [0.25, 0.3) is 0 Å². The Bertz CT molecular complexity index is 1380. The predicted molar refractivity (Wildman–Crippen MR) is 147 cm³/mol. The fourth-order valence-corrected chi connectivity index (χ4v) is 5.26. The molecule has 37 heavy (non-hydrogen) atoms. The molecule has 4 aromatic rings. The Balaban J connectivity index is 1.54. The number of ether oxygens (including phenoxy) is 1. The number of nitrogens with one attached hydrogen (secondary N) is 2. The Morgan fingerprint density at radius 2 is 1.97 bits per heavy atom. The van der Waals surface area contributed by atoms with Gasteiger partial charge in [0.2, 0.25) is 5.91 Å². The third-order valence-corrected chi connectivity index (χ3v) is 6.94. The van der Waals surface area contributed by atoms with Crippen LogP contribution >= 0.6 is 12.2 Å². The number of aryl methyl sites for hydroxylation is 1. The van der Waals surface area contributed by atoms with Gasteiger partial charge in [-0.15, -0.1) is 0 Å². The summed E-state index contributed by atoms with van der Waals surface area (Å²) in [6.45, 7) is 4.90. The Labute approximate surface area is 221 Å². The minimum absolute atomic E-state index is 0.00331. The van der Waals surface area contributed by atoms with Crippen molar-refractivity contribution >= 4 is 34.6 Å². The molecule has 2 atom stereocenters. The summed E-state index contributed by atoms with van der Waals surface area (Å²) in [7, 11) is 1.49. The number of pyridine rings is 1. The lowest BCUT2D eigenvalue weighted by molar-refractivity contribution is -0.119. The second-order valence-corrected chi connectivity index (χ2v) is 9.40. The van der Waals surface area contributed by atoms with E-state index in [0.717, 1.165) is 34.1 Å². The number of thiocarbonyl (C=S) groups is 1. The number of hydrogen-bond acceptors (Lipinski definition) is 5. The molecular weight excluding hydrogens is 486 g/mol. The highest BCUT2D eigenvalue weighted by molar-refractivity contribution is 7.80. The molecule has 2 N–H and O–H groups in total. The van der Waals surface area contributed by atoms with E-state index >= 15 is 0 Å². The number of methoxy groups -OCH3 is 1. The summed E-state index contributed by atoms with van der Waals surface area (Å²) < 4.78 is 12.8. The van der Waals surface area contributed by atoms with E-state index in [4.69, 9.17) is 21.4 Å². The molecule has 9 heteroatoms. The third-order valence-electron chi connectivity index (χ3n) is 6.63. The summed E-state index contributed by atoms with van der Waals surface area (Å²) in [4.78, 5) is 18.7. The SMILES string of the molecule is COCC(=O)Nc1ccc(N2C(=S)N[C@@H](c3ccccn3)[C@@H]2c2cc(C)n(Cc3ccco3)c2C)cc1. The molecule has 3 aromatic heterocycles. The summed E-state index contributed by atoms with van der Waals surface area (Å²) in [6.07, 6.45) is 3.50. The molecule has 0 aliphatic carbocycles. The first kappa shape index (κ1) is 24.7. The molecule has 1 aromatic carbocycles. The van der Waals surface area contributed by atoms with Crippen molar-refractivity contribution in [2.75, 3.05) is 23.9 Å². The molecule has 0 unspecified atom stereocenters. The largest absolute Gasteiger partial charge is 0.467 e.